The summed E-state index contributed by atoms with van der Waals surface area (Å²) in [7, 11) is 0. The maximum absolute atomic E-state index is 9.34. The summed E-state index contributed by atoms with van der Waals surface area (Å²) in [5.74, 6) is 1.25. The summed E-state index contributed by atoms with van der Waals surface area (Å²) in [5, 5.41) is 21.9. The zero-order chi connectivity index (χ0) is 13.5. The average molecular weight is 264 g/mol. The van der Waals surface area contributed by atoms with Gasteiger partial charge in [0, 0.05) is 4.90 Å². The molecule has 98 valence electrons. The first kappa shape index (κ1) is 14.9. The van der Waals surface area contributed by atoms with Crippen molar-refractivity contribution >= 4 is 17.4 Å². The van der Waals surface area contributed by atoms with Crippen LogP contribution < -0.4 is 5.32 Å². The molecule has 18 heavy (non-hydrogen) atoms. The normalized spacial score (nSPS) is 12.2. The van der Waals surface area contributed by atoms with Gasteiger partial charge in [-0.2, -0.15) is 5.26 Å². The molecule has 1 rings (SSSR count). The fraction of sp³-hybridized carbons (Fsp3) is 0.500. The van der Waals surface area contributed by atoms with E-state index in [1.807, 2.05) is 32.0 Å². The van der Waals surface area contributed by atoms with Crippen LogP contribution in [0, 0.1) is 17.2 Å². The van der Waals surface area contributed by atoms with Crippen LogP contribution in [-0.2, 0) is 0 Å². The molecule has 1 aromatic carbocycles. The van der Waals surface area contributed by atoms with Gasteiger partial charge < -0.3 is 10.4 Å². The molecular formula is C14H20N2OS. The minimum Gasteiger partial charge on any atom is -0.394 e. The maximum atomic E-state index is 9.34. The van der Waals surface area contributed by atoms with E-state index in [-0.39, 0.29) is 12.6 Å². The van der Waals surface area contributed by atoms with Gasteiger partial charge in [0.15, 0.2) is 0 Å². The summed E-state index contributed by atoms with van der Waals surface area (Å²) >= 11 is 1.66. The van der Waals surface area contributed by atoms with Gasteiger partial charge in [0.25, 0.3) is 0 Å². The Balaban J connectivity index is 3.02. The van der Waals surface area contributed by atoms with Crippen LogP contribution >= 0.6 is 11.8 Å². The minimum atomic E-state index is -0.0287. The number of rotatable bonds is 6. The molecule has 0 amide bonds. The molecule has 2 N–H and O–H groups in total. The van der Waals surface area contributed by atoms with Crippen LogP contribution in [0.25, 0.3) is 0 Å². The molecule has 0 aromatic heterocycles. The van der Waals surface area contributed by atoms with Crippen LogP contribution in [-0.4, -0.2) is 23.5 Å². The number of thioether (sulfide) groups is 1. The zero-order valence-corrected chi connectivity index (χ0v) is 11.9. The van der Waals surface area contributed by atoms with E-state index in [1.54, 1.807) is 11.8 Å². The Kier molecular flexibility index (Phi) is 6.03. The average Bonchev–Trinajstić information content (AvgIpc) is 2.36. The third kappa shape index (κ3) is 3.66. The fourth-order valence-electron chi connectivity index (χ4n) is 1.67. The Morgan fingerprint density at radius 2 is 2.17 bits per heavy atom. The standard InChI is InChI=1S/C14H20N2OS/c1-4-18-14-7-5-6-12(11(14)8-15)16-13(9-17)10(2)3/h5-7,10,13,16-17H,4,9H2,1-3H3. The van der Waals surface area contributed by atoms with Crippen molar-refractivity contribution in [2.45, 2.75) is 31.7 Å². The van der Waals surface area contributed by atoms with Gasteiger partial charge in [-0.15, -0.1) is 11.8 Å². The van der Waals surface area contributed by atoms with Gasteiger partial charge in [-0.05, 0) is 23.8 Å². The van der Waals surface area contributed by atoms with Crippen LogP contribution in [0.15, 0.2) is 23.1 Å². The molecule has 0 saturated carbocycles. The predicted molar refractivity (Wildman–Crippen MR) is 76.9 cm³/mol. The molecule has 0 saturated heterocycles. The maximum Gasteiger partial charge on any atom is 0.102 e. The molecule has 1 unspecified atom stereocenters. The molecule has 0 spiro atoms. The summed E-state index contributed by atoms with van der Waals surface area (Å²) in [5.41, 5.74) is 1.48. The van der Waals surface area contributed by atoms with Crippen molar-refractivity contribution in [3.8, 4) is 6.07 Å². The predicted octanol–water partition coefficient (Wildman–Crippen LogP) is 3.10. The highest BCUT2D eigenvalue weighted by atomic mass is 32.2. The highest BCUT2D eigenvalue weighted by Crippen LogP contribution is 2.28. The summed E-state index contributed by atoms with van der Waals surface area (Å²) in [6.45, 7) is 6.22. The number of nitriles is 1. The molecule has 4 heteroatoms. The van der Waals surface area contributed by atoms with Crippen molar-refractivity contribution in [3.63, 3.8) is 0 Å². The number of anilines is 1. The second-order valence-corrected chi connectivity index (χ2v) is 5.71. The largest absolute Gasteiger partial charge is 0.394 e. The molecule has 0 bridgehead atoms. The highest BCUT2D eigenvalue weighted by Gasteiger charge is 2.15. The summed E-state index contributed by atoms with van der Waals surface area (Å²) < 4.78 is 0. The van der Waals surface area contributed by atoms with Gasteiger partial charge >= 0.3 is 0 Å². The first-order valence-corrected chi connectivity index (χ1v) is 7.15. The number of hydrogen-bond acceptors (Lipinski definition) is 4. The number of aliphatic hydroxyl groups is 1. The minimum absolute atomic E-state index is 0.0287. The van der Waals surface area contributed by atoms with Crippen molar-refractivity contribution in [2.24, 2.45) is 5.92 Å². The van der Waals surface area contributed by atoms with Gasteiger partial charge in [-0.3, -0.25) is 0 Å². The van der Waals surface area contributed by atoms with Crippen LogP contribution in [0.5, 0.6) is 0 Å². The molecule has 1 atom stereocenters. The quantitative estimate of drug-likeness (QED) is 0.775. The van der Waals surface area contributed by atoms with Crippen LogP contribution in [0.4, 0.5) is 5.69 Å². The first-order chi connectivity index (χ1) is 8.63. The lowest BCUT2D eigenvalue weighted by Crippen LogP contribution is -2.29. The van der Waals surface area contributed by atoms with Gasteiger partial charge in [0.05, 0.1) is 23.9 Å². The first-order valence-electron chi connectivity index (χ1n) is 6.17. The van der Waals surface area contributed by atoms with E-state index in [2.05, 4.69) is 18.3 Å². The third-order valence-corrected chi connectivity index (χ3v) is 3.72. The second-order valence-electron chi connectivity index (χ2n) is 4.40. The molecule has 1 aromatic rings. The molecule has 0 fully saturated rings. The fourth-order valence-corrected chi connectivity index (χ4v) is 2.45. The summed E-state index contributed by atoms with van der Waals surface area (Å²) in [6, 6.07) is 8.02. The molecule has 0 aliphatic heterocycles. The topological polar surface area (TPSA) is 56.0 Å². The van der Waals surface area contributed by atoms with Crippen molar-refractivity contribution < 1.29 is 5.11 Å². The molecule has 0 heterocycles. The molecule has 0 radical (unpaired) electrons. The van der Waals surface area contributed by atoms with Crippen molar-refractivity contribution in [1.29, 1.82) is 5.26 Å². The summed E-state index contributed by atoms with van der Waals surface area (Å²) in [4.78, 5) is 0.991. The van der Waals surface area contributed by atoms with Gasteiger partial charge in [0.1, 0.15) is 6.07 Å². The number of hydrogen-bond donors (Lipinski definition) is 2. The Morgan fingerprint density at radius 1 is 1.44 bits per heavy atom. The lowest BCUT2D eigenvalue weighted by Gasteiger charge is -2.22. The monoisotopic (exact) mass is 264 g/mol. The molecule has 0 aliphatic carbocycles. The Hall–Kier alpha value is -1.18. The SMILES string of the molecule is CCSc1cccc(NC(CO)C(C)C)c1C#N. The van der Waals surface area contributed by atoms with E-state index >= 15 is 0 Å². The van der Waals surface area contributed by atoms with Crippen LogP contribution in [0.3, 0.4) is 0 Å². The Morgan fingerprint density at radius 3 is 2.67 bits per heavy atom. The lowest BCUT2D eigenvalue weighted by molar-refractivity contribution is 0.249. The van der Waals surface area contributed by atoms with E-state index < -0.39 is 0 Å². The van der Waals surface area contributed by atoms with Gasteiger partial charge in [-0.1, -0.05) is 26.8 Å². The van der Waals surface area contributed by atoms with E-state index in [1.165, 1.54) is 0 Å². The molecule has 0 aliphatic rings. The van der Waals surface area contributed by atoms with Gasteiger partial charge in [0.2, 0.25) is 0 Å². The van der Waals surface area contributed by atoms with Crippen LogP contribution in [0.2, 0.25) is 0 Å². The smallest absolute Gasteiger partial charge is 0.102 e. The Bertz CT molecular complexity index is 426. The lowest BCUT2D eigenvalue weighted by atomic mass is 10.0. The number of nitrogens with one attached hydrogen (secondary N) is 1. The molecule has 3 nitrogen and oxygen atoms in total. The highest BCUT2D eigenvalue weighted by molar-refractivity contribution is 7.99. The van der Waals surface area contributed by atoms with Crippen molar-refractivity contribution in [1.82, 2.24) is 0 Å². The van der Waals surface area contributed by atoms with E-state index in [0.29, 0.717) is 11.5 Å². The summed E-state index contributed by atoms with van der Waals surface area (Å²) in [6.07, 6.45) is 0. The van der Waals surface area contributed by atoms with E-state index in [0.717, 1.165) is 16.3 Å². The van der Waals surface area contributed by atoms with Gasteiger partial charge in [-0.25, -0.2) is 0 Å². The van der Waals surface area contributed by atoms with E-state index in [4.69, 9.17) is 0 Å². The van der Waals surface area contributed by atoms with Crippen LogP contribution in [0.1, 0.15) is 26.3 Å². The second kappa shape index (κ2) is 7.30. The van der Waals surface area contributed by atoms with Crippen molar-refractivity contribution in [2.75, 3.05) is 17.7 Å². The Labute approximate surface area is 113 Å². The molecular weight excluding hydrogens is 244 g/mol. The number of nitrogens with zero attached hydrogens (tertiary/aromatic N) is 1. The van der Waals surface area contributed by atoms with E-state index in [9.17, 15) is 10.4 Å². The number of benzene rings is 1. The zero-order valence-electron chi connectivity index (χ0n) is 11.1. The number of aliphatic hydroxyl groups excluding tert-OH is 1. The third-order valence-electron chi connectivity index (χ3n) is 2.78. The van der Waals surface area contributed by atoms with Crippen molar-refractivity contribution in [3.05, 3.63) is 23.8 Å².